The number of fused-ring (bicyclic) bond motifs is 3. The maximum absolute atomic E-state index is 8.99. The van der Waals surface area contributed by atoms with E-state index in [2.05, 4.69) is 33.5 Å². The molecule has 2 heterocycles. The third kappa shape index (κ3) is 2.74. The van der Waals surface area contributed by atoms with E-state index in [1.807, 2.05) is 18.2 Å². The quantitative estimate of drug-likeness (QED) is 0.738. The first-order valence-electron chi connectivity index (χ1n) is 8.30. The number of aromatic nitrogens is 2. The first-order chi connectivity index (χ1) is 11.9. The van der Waals surface area contributed by atoms with E-state index in [0.29, 0.717) is 6.42 Å². The van der Waals surface area contributed by atoms with Gasteiger partial charge in [-0.2, -0.15) is 5.26 Å². The van der Waals surface area contributed by atoms with Gasteiger partial charge >= 0.3 is 0 Å². The fourth-order valence-corrected chi connectivity index (χ4v) is 4.65. The summed E-state index contributed by atoms with van der Waals surface area (Å²) in [4.78, 5) is 11.5. The molecule has 0 fully saturated rings. The molecule has 3 aromatic rings. The fourth-order valence-electron chi connectivity index (χ4n) is 3.42. The van der Waals surface area contributed by atoms with Crippen LogP contribution >= 0.6 is 11.3 Å². The first kappa shape index (κ1) is 15.1. The van der Waals surface area contributed by atoms with E-state index in [4.69, 9.17) is 5.26 Å². The van der Waals surface area contributed by atoms with Crippen LogP contribution in [0.3, 0.4) is 0 Å². The number of nitrogens with zero attached hydrogens (tertiary/aromatic N) is 3. The summed E-state index contributed by atoms with van der Waals surface area (Å²) in [5.74, 6) is 0.909. The number of anilines is 1. The Kier molecular flexibility index (Phi) is 4.14. The zero-order chi connectivity index (χ0) is 16.4. The average Bonchev–Trinajstić information content (AvgIpc) is 3.20. The second-order valence-corrected chi connectivity index (χ2v) is 7.15. The third-order valence-electron chi connectivity index (χ3n) is 4.56. The van der Waals surface area contributed by atoms with Crippen molar-refractivity contribution in [1.29, 1.82) is 5.26 Å². The normalized spacial score (nSPS) is 14.3. The lowest BCUT2D eigenvalue weighted by atomic mass is 10.0. The van der Waals surface area contributed by atoms with E-state index in [1.165, 1.54) is 27.8 Å². The standard InChI is InChI=1S/C19H18N4S/c20-11-5-9-15(13-6-2-1-3-7-13)23-18-17-14-8-4-10-16(14)24-19(17)22-12-21-18/h1-3,6-7,12,15H,4-5,8-10H2,(H,21,22,23)/t15-/m1/s1. The zero-order valence-electron chi connectivity index (χ0n) is 13.3. The van der Waals surface area contributed by atoms with E-state index in [-0.39, 0.29) is 6.04 Å². The van der Waals surface area contributed by atoms with E-state index < -0.39 is 0 Å². The Labute approximate surface area is 145 Å². The highest BCUT2D eigenvalue weighted by Gasteiger charge is 2.22. The second kappa shape index (κ2) is 6.58. The minimum atomic E-state index is 0.0842. The summed E-state index contributed by atoms with van der Waals surface area (Å²) in [7, 11) is 0. The number of rotatable bonds is 5. The summed E-state index contributed by atoms with van der Waals surface area (Å²) in [5.41, 5.74) is 2.61. The van der Waals surface area contributed by atoms with E-state index in [0.717, 1.165) is 29.9 Å². The Morgan fingerprint density at radius 1 is 1.21 bits per heavy atom. The molecular weight excluding hydrogens is 316 g/mol. The lowest BCUT2D eigenvalue weighted by Crippen LogP contribution is -2.12. The van der Waals surface area contributed by atoms with Crippen LogP contribution in [0.2, 0.25) is 0 Å². The van der Waals surface area contributed by atoms with Gasteiger partial charge in [0.05, 0.1) is 17.5 Å². The average molecular weight is 334 g/mol. The van der Waals surface area contributed by atoms with Crippen molar-refractivity contribution in [1.82, 2.24) is 9.97 Å². The van der Waals surface area contributed by atoms with Gasteiger partial charge in [-0.1, -0.05) is 30.3 Å². The van der Waals surface area contributed by atoms with Crippen LogP contribution in [-0.2, 0) is 12.8 Å². The SMILES string of the molecule is N#CCC[C@@H](Nc1ncnc2sc3c(c12)CCC3)c1ccccc1. The van der Waals surface area contributed by atoms with Gasteiger partial charge in [-0.3, -0.25) is 0 Å². The molecular formula is C19H18N4S. The smallest absolute Gasteiger partial charge is 0.138 e. The highest BCUT2D eigenvalue weighted by atomic mass is 32.1. The van der Waals surface area contributed by atoms with Gasteiger partial charge < -0.3 is 5.32 Å². The molecule has 2 aromatic heterocycles. The number of thiophene rings is 1. The van der Waals surface area contributed by atoms with Crippen LogP contribution in [0.1, 0.15) is 41.3 Å². The highest BCUT2D eigenvalue weighted by Crippen LogP contribution is 2.40. The predicted molar refractivity (Wildman–Crippen MR) is 97.1 cm³/mol. The van der Waals surface area contributed by atoms with Crippen molar-refractivity contribution in [2.45, 2.75) is 38.1 Å². The minimum absolute atomic E-state index is 0.0842. The largest absolute Gasteiger partial charge is 0.363 e. The molecule has 1 atom stereocenters. The number of nitrogens with one attached hydrogen (secondary N) is 1. The monoisotopic (exact) mass is 334 g/mol. The van der Waals surface area contributed by atoms with Gasteiger partial charge in [0.15, 0.2) is 0 Å². The lowest BCUT2D eigenvalue weighted by Gasteiger charge is -2.19. The van der Waals surface area contributed by atoms with E-state index in [1.54, 1.807) is 17.7 Å². The van der Waals surface area contributed by atoms with Crippen LogP contribution in [0.5, 0.6) is 0 Å². The molecule has 0 saturated carbocycles. The Morgan fingerprint density at radius 2 is 2.08 bits per heavy atom. The molecule has 120 valence electrons. The van der Waals surface area contributed by atoms with Crippen molar-refractivity contribution in [2.24, 2.45) is 0 Å². The van der Waals surface area contributed by atoms with Gasteiger partial charge in [0.1, 0.15) is 17.0 Å². The number of hydrogen-bond acceptors (Lipinski definition) is 5. The number of hydrogen-bond donors (Lipinski definition) is 1. The summed E-state index contributed by atoms with van der Waals surface area (Å²) in [6.45, 7) is 0. The molecule has 1 aromatic carbocycles. The van der Waals surface area contributed by atoms with Crippen LogP contribution in [0.15, 0.2) is 36.7 Å². The van der Waals surface area contributed by atoms with Crippen molar-refractivity contribution in [2.75, 3.05) is 5.32 Å². The van der Waals surface area contributed by atoms with Crippen molar-refractivity contribution >= 4 is 27.4 Å². The van der Waals surface area contributed by atoms with Crippen molar-refractivity contribution < 1.29 is 0 Å². The van der Waals surface area contributed by atoms with Gasteiger partial charge in [-0.15, -0.1) is 11.3 Å². The second-order valence-electron chi connectivity index (χ2n) is 6.06. The summed E-state index contributed by atoms with van der Waals surface area (Å²) in [5, 5.41) is 13.8. The Morgan fingerprint density at radius 3 is 2.92 bits per heavy atom. The molecule has 1 aliphatic carbocycles. The maximum Gasteiger partial charge on any atom is 0.138 e. The number of nitriles is 1. The summed E-state index contributed by atoms with van der Waals surface area (Å²) < 4.78 is 0. The molecule has 4 rings (SSSR count). The number of aryl methyl sites for hydroxylation is 2. The topological polar surface area (TPSA) is 61.6 Å². The molecule has 24 heavy (non-hydrogen) atoms. The van der Waals surface area contributed by atoms with Crippen molar-refractivity contribution in [3.8, 4) is 6.07 Å². The van der Waals surface area contributed by atoms with Crippen molar-refractivity contribution in [3.05, 3.63) is 52.7 Å². The van der Waals surface area contributed by atoms with Crippen LogP contribution in [0.25, 0.3) is 10.2 Å². The van der Waals surface area contributed by atoms with Crippen LogP contribution in [0, 0.1) is 11.3 Å². The van der Waals surface area contributed by atoms with Crippen LogP contribution in [-0.4, -0.2) is 9.97 Å². The molecule has 1 aliphatic rings. The molecule has 0 aliphatic heterocycles. The van der Waals surface area contributed by atoms with E-state index in [9.17, 15) is 0 Å². The molecule has 5 heteroatoms. The molecule has 0 bridgehead atoms. The van der Waals surface area contributed by atoms with Gasteiger partial charge in [0, 0.05) is 11.3 Å². The Hall–Kier alpha value is -2.45. The van der Waals surface area contributed by atoms with Gasteiger partial charge in [0.25, 0.3) is 0 Å². The van der Waals surface area contributed by atoms with Crippen LogP contribution < -0.4 is 5.32 Å². The van der Waals surface area contributed by atoms with Gasteiger partial charge in [-0.25, -0.2) is 9.97 Å². The molecule has 0 unspecified atom stereocenters. The zero-order valence-corrected chi connectivity index (χ0v) is 14.1. The number of benzene rings is 1. The fraction of sp³-hybridized carbons (Fsp3) is 0.316. The maximum atomic E-state index is 8.99. The summed E-state index contributed by atoms with van der Waals surface area (Å²) >= 11 is 1.80. The molecule has 0 amide bonds. The first-order valence-corrected chi connectivity index (χ1v) is 9.12. The van der Waals surface area contributed by atoms with Crippen LogP contribution in [0.4, 0.5) is 5.82 Å². The van der Waals surface area contributed by atoms with Crippen molar-refractivity contribution in [3.63, 3.8) is 0 Å². The summed E-state index contributed by atoms with van der Waals surface area (Å²) in [6.07, 6.45) is 6.42. The molecule has 4 nitrogen and oxygen atoms in total. The summed E-state index contributed by atoms with van der Waals surface area (Å²) in [6, 6.07) is 12.6. The third-order valence-corrected chi connectivity index (χ3v) is 5.76. The minimum Gasteiger partial charge on any atom is -0.363 e. The molecule has 0 saturated heterocycles. The Balaban J connectivity index is 1.72. The molecule has 0 spiro atoms. The van der Waals surface area contributed by atoms with E-state index >= 15 is 0 Å². The Bertz CT molecular complexity index is 895. The lowest BCUT2D eigenvalue weighted by molar-refractivity contribution is 0.706. The van der Waals surface area contributed by atoms with Gasteiger partial charge in [0.2, 0.25) is 0 Å². The molecule has 0 radical (unpaired) electrons. The highest BCUT2D eigenvalue weighted by molar-refractivity contribution is 7.19. The predicted octanol–water partition coefficient (Wildman–Crippen LogP) is 4.64. The molecule has 1 N–H and O–H groups in total. The van der Waals surface area contributed by atoms with Gasteiger partial charge in [-0.05, 0) is 36.8 Å².